The smallest absolute Gasteiger partial charge is 0.266 e. The Bertz CT molecular complexity index is 808. The van der Waals surface area contributed by atoms with Crippen LogP contribution in [0.15, 0.2) is 59.6 Å². The van der Waals surface area contributed by atoms with E-state index in [4.69, 9.17) is 16.3 Å². The Morgan fingerprint density at radius 2 is 1.88 bits per heavy atom. The zero-order chi connectivity index (χ0) is 18.6. The first kappa shape index (κ1) is 18.8. The lowest BCUT2D eigenvalue weighted by atomic mass is 10.1. The highest BCUT2D eigenvalue weighted by atomic mass is 35.5. The second kappa shape index (κ2) is 8.14. The summed E-state index contributed by atoms with van der Waals surface area (Å²) >= 11 is 7.70. The number of hydrogen-bond acceptors (Lipinski definition) is 4. The molecule has 0 bridgehead atoms. The molecule has 0 N–H and O–H groups in total. The lowest BCUT2D eigenvalue weighted by Gasteiger charge is -2.30. The minimum Gasteiger partial charge on any atom is -0.482 e. The summed E-state index contributed by atoms with van der Waals surface area (Å²) in [4.78, 5) is 19.2. The van der Waals surface area contributed by atoms with Gasteiger partial charge in [-0.25, -0.2) is 0 Å². The van der Waals surface area contributed by atoms with Crippen molar-refractivity contribution in [2.75, 3.05) is 12.4 Å². The van der Waals surface area contributed by atoms with Gasteiger partial charge in [0.2, 0.25) is 0 Å². The maximum absolute atomic E-state index is 12.8. The molecule has 0 saturated carbocycles. The summed E-state index contributed by atoms with van der Waals surface area (Å²) in [5, 5.41) is 1.24. The third-order valence-electron chi connectivity index (χ3n) is 4.03. The van der Waals surface area contributed by atoms with Crippen LogP contribution in [0.2, 0.25) is 5.02 Å². The van der Waals surface area contributed by atoms with Crippen LogP contribution in [0.4, 0.5) is 0 Å². The van der Waals surface area contributed by atoms with Crippen LogP contribution in [0.25, 0.3) is 0 Å². The molecular weight excluding hydrogens is 368 g/mol. The fraction of sp³-hybridized carbons (Fsp3) is 0.300. The quantitative estimate of drug-likeness (QED) is 0.749. The molecule has 0 atom stereocenters. The number of ether oxygens (including phenoxy) is 1. The molecule has 3 rings (SSSR count). The van der Waals surface area contributed by atoms with E-state index < -0.39 is 0 Å². The highest BCUT2D eigenvalue weighted by Crippen LogP contribution is 2.33. The molecule has 0 aliphatic carbocycles. The van der Waals surface area contributed by atoms with E-state index >= 15 is 0 Å². The van der Waals surface area contributed by atoms with Gasteiger partial charge >= 0.3 is 0 Å². The van der Waals surface area contributed by atoms with E-state index in [0.29, 0.717) is 17.3 Å². The molecule has 0 aromatic heterocycles. The summed E-state index contributed by atoms with van der Waals surface area (Å²) < 4.78 is 5.63. The van der Waals surface area contributed by atoms with Crippen LogP contribution in [0, 0.1) is 0 Å². The molecule has 1 fully saturated rings. The van der Waals surface area contributed by atoms with Gasteiger partial charge in [0.1, 0.15) is 5.75 Å². The number of benzene rings is 2. The van der Waals surface area contributed by atoms with Crippen molar-refractivity contribution in [3.05, 3.63) is 65.2 Å². The molecule has 26 heavy (non-hydrogen) atoms. The van der Waals surface area contributed by atoms with Crippen LogP contribution in [-0.2, 0) is 11.3 Å². The number of hydrogen-bond donors (Lipinski definition) is 0. The van der Waals surface area contributed by atoms with Crippen molar-refractivity contribution in [2.45, 2.75) is 25.9 Å². The minimum atomic E-state index is -0.304. The van der Waals surface area contributed by atoms with Crippen LogP contribution in [0.3, 0.4) is 0 Å². The number of carbonyl (C=O) groups excluding carboxylic acids is 1. The average molecular weight is 389 g/mol. The predicted octanol–water partition coefficient (Wildman–Crippen LogP) is 4.63. The van der Waals surface area contributed by atoms with Crippen LogP contribution < -0.4 is 4.74 Å². The molecular formula is C20H21ClN2O2S. The molecule has 0 spiro atoms. The monoisotopic (exact) mass is 388 g/mol. The number of thioether (sulfide) groups is 1. The second-order valence-electron chi connectivity index (χ2n) is 6.63. The summed E-state index contributed by atoms with van der Waals surface area (Å²) in [6.45, 7) is 4.56. The number of para-hydroxylation sites is 1. The van der Waals surface area contributed by atoms with E-state index in [0.717, 1.165) is 16.5 Å². The first-order valence-corrected chi connectivity index (χ1v) is 9.75. The summed E-state index contributed by atoms with van der Waals surface area (Å²) in [6, 6.07) is 17.2. The van der Waals surface area contributed by atoms with Crippen LogP contribution in [0.5, 0.6) is 5.75 Å². The Hall–Kier alpha value is -1.98. The van der Waals surface area contributed by atoms with E-state index in [1.165, 1.54) is 0 Å². The molecule has 6 heteroatoms. The Balaban J connectivity index is 1.71. The summed E-state index contributed by atoms with van der Waals surface area (Å²) in [5.41, 5.74) is 0.811. The SMILES string of the molecule is CC1(C)CSC(=NCc2ccccc2)N1C(=O)COc1ccccc1Cl. The zero-order valence-corrected chi connectivity index (χ0v) is 16.4. The van der Waals surface area contributed by atoms with Crippen molar-refractivity contribution in [3.63, 3.8) is 0 Å². The third-order valence-corrected chi connectivity index (χ3v) is 5.76. The summed E-state index contributed by atoms with van der Waals surface area (Å²) in [5.74, 6) is 1.19. The fourth-order valence-corrected chi connectivity index (χ4v) is 4.13. The Kier molecular flexibility index (Phi) is 5.89. The molecule has 1 aliphatic heterocycles. The molecule has 1 aliphatic rings. The van der Waals surface area contributed by atoms with E-state index in [1.54, 1.807) is 28.8 Å². The molecule has 1 saturated heterocycles. The third kappa shape index (κ3) is 4.40. The normalized spacial score (nSPS) is 17.5. The number of carbonyl (C=O) groups is 1. The van der Waals surface area contributed by atoms with Crippen molar-refractivity contribution in [1.29, 1.82) is 0 Å². The van der Waals surface area contributed by atoms with Crippen LogP contribution in [0.1, 0.15) is 19.4 Å². The second-order valence-corrected chi connectivity index (χ2v) is 7.98. The molecule has 1 heterocycles. The average Bonchev–Trinajstić information content (AvgIpc) is 2.94. The van der Waals surface area contributed by atoms with Crippen molar-refractivity contribution < 1.29 is 9.53 Å². The molecule has 2 aromatic rings. The van der Waals surface area contributed by atoms with Crippen LogP contribution >= 0.6 is 23.4 Å². The number of nitrogens with zero attached hydrogens (tertiary/aromatic N) is 2. The van der Waals surface area contributed by atoms with Crippen molar-refractivity contribution in [3.8, 4) is 5.75 Å². The van der Waals surface area contributed by atoms with Gasteiger partial charge < -0.3 is 4.74 Å². The van der Waals surface area contributed by atoms with Gasteiger partial charge in [0.15, 0.2) is 11.8 Å². The fourth-order valence-electron chi connectivity index (χ4n) is 2.70. The summed E-state index contributed by atoms with van der Waals surface area (Å²) in [7, 11) is 0. The van der Waals surface area contributed by atoms with Crippen molar-refractivity contribution in [1.82, 2.24) is 4.90 Å². The zero-order valence-electron chi connectivity index (χ0n) is 14.8. The molecule has 0 radical (unpaired) electrons. The first-order valence-electron chi connectivity index (χ1n) is 8.39. The molecule has 4 nitrogen and oxygen atoms in total. The maximum Gasteiger partial charge on any atom is 0.266 e. The topological polar surface area (TPSA) is 41.9 Å². The van der Waals surface area contributed by atoms with Gasteiger partial charge in [-0.05, 0) is 31.5 Å². The number of amidine groups is 1. The summed E-state index contributed by atoms with van der Waals surface area (Å²) in [6.07, 6.45) is 0. The highest BCUT2D eigenvalue weighted by Gasteiger charge is 2.41. The van der Waals surface area contributed by atoms with Gasteiger partial charge in [-0.1, -0.05) is 65.8 Å². The van der Waals surface area contributed by atoms with Gasteiger partial charge in [-0.15, -0.1) is 0 Å². The molecule has 136 valence electrons. The lowest BCUT2D eigenvalue weighted by molar-refractivity contribution is -0.132. The largest absolute Gasteiger partial charge is 0.482 e. The maximum atomic E-state index is 12.8. The Morgan fingerprint density at radius 3 is 2.62 bits per heavy atom. The highest BCUT2D eigenvalue weighted by molar-refractivity contribution is 8.14. The Labute approximate surface area is 163 Å². The van der Waals surface area contributed by atoms with E-state index in [-0.39, 0.29) is 18.1 Å². The molecule has 2 aromatic carbocycles. The number of amides is 1. The minimum absolute atomic E-state index is 0.0713. The lowest BCUT2D eigenvalue weighted by Crippen LogP contribution is -2.48. The van der Waals surface area contributed by atoms with Crippen molar-refractivity contribution in [2.24, 2.45) is 4.99 Å². The van der Waals surface area contributed by atoms with E-state index in [1.807, 2.05) is 56.3 Å². The van der Waals surface area contributed by atoms with Gasteiger partial charge in [0.25, 0.3) is 5.91 Å². The van der Waals surface area contributed by atoms with E-state index in [9.17, 15) is 4.79 Å². The van der Waals surface area contributed by atoms with E-state index in [2.05, 4.69) is 4.99 Å². The molecule has 1 amide bonds. The Morgan fingerprint density at radius 1 is 1.19 bits per heavy atom. The van der Waals surface area contributed by atoms with Gasteiger partial charge in [-0.3, -0.25) is 14.7 Å². The van der Waals surface area contributed by atoms with Crippen molar-refractivity contribution >= 4 is 34.4 Å². The predicted molar refractivity (Wildman–Crippen MR) is 108 cm³/mol. The number of halogens is 1. The van der Waals surface area contributed by atoms with Gasteiger partial charge in [-0.2, -0.15) is 0 Å². The van der Waals surface area contributed by atoms with Gasteiger partial charge in [0.05, 0.1) is 17.1 Å². The first-order chi connectivity index (χ1) is 12.5. The molecule has 0 unspecified atom stereocenters. The standard InChI is InChI=1S/C20H21ClN2O2S/c1-20(2)14-26-19(22-12-15-8-4-3-5-9-15)23(20)18(24)13-25-17-11-7-6-10-16(17)21/h3-11H,12-14H2,1-2H3. The number of rotatable bonds is 5. The van der Waals surface area contributed by atoms with Crippen LogP contribution in [-0.4, -0.2) is 33.9 Å². The van der Waals surface area contributed by atoms with Gasteiger partial charge in [0, 0.05) is 5.75 Å². The number of aliphatic imine (C=N–C) groups is 1.